The molecule has 0 spiro atoms. The number of carbonyl (C=O) groups is 1. The molecule has 0 radical (unpaired) electrons. The zero-order valence-corrected chi connectivity index (χ0v) is 14.1. The average molecular weight is 377 g/mol. The first-order valence-electron chi connectivity index (χ1n) is 8.22. The Labute approximate surface area is 149 Å². The predicted octanol–water partition coefficient (Wildman–Crippen LogP) is 2.09. The van der Waals surface area contributed by atoms with E-state index in [2.05, 4.69) is 0 Å². The number of halogens is 3. The monoisotopic (exact) mass is 377 g/mol. The lowest BCUT2D eigenvalue weighted by atomic mass is 9.90. The van der Waals surface area contributed by atoms with E-state index in [4.69, 9.17) is 14.6 Å². The van der Waals surface area contributed by atoms with Gasteiger partial charge in [0.05, 0.1) is 13.2 Å². The van der Waals surface area contributed by atoms with Gasteiger partial charge in [0.2, 0.25) is 0 Å². The predicted molar refractivity (Wildman–Crippen MR) is 85.3 cm³/mol. The number of aliphatic hydroxyl groups is 2. The topological polar surface area (TPSA) is 79.2 Å². The first-order valence-corrected chi connectivity index (χ1v) is 8.22. The number of hydrogen-bond donors (Lipinski definition) is 2. The van der Waals surface area contributed by atoms with Gasteiger partial charge in [-0.15, -0.1) is 0 Å². The van der Waals surface area contributed by atoms with Crippen molar-refractivity contribution in [2.75, 3.05) is 26.3 Å². The van der Waals surface area contributed by atoms with Crippen LogP contribution in [0.15, 0.2) is 30.3 Å². The van der Waals surface area contributed by atoms with E-state index in [1.807, 2.05) is 6.07 Å². The molecule has 2 rings (SSSR count). The lowest BCUT2D eigenvalue weighted by Crippen LogP contribution is -2.56. The van der Waals surface area contributed by atoms with Crippen molar-refractivity contribution in [1.82, 2.24) is 4.90 Å². The Balaban J connectivity index is 1.90. The van der Waals surface area contributed by atoms with Crippen LogP contribution in [0.3, 0.4) is 0 Å². The molecule has 0 saturated carbocycles. The molecule has 1 aliphatic rings. The number of piperidine rings is 1. The van der Waals surface area contributed by atoms with Crippen LogP contribution in [0.1, 0.15) is 18.4 Å². The summed E-state index contributed by atoms with van der Waals surface area (Å²) in [7, 11) is 0. The Kier molecular flexibility index (Phi) is 6.85. The van der Waals surface area contributed by atoms with E-state index in [1.54, 1.807) is 24.3 Å². The smallest absolute Gasteiger partial charge is 0.417 e. The molecule has 2 N–H and O–H groups in total. The van der Waals surface area contributed by atoms with Gasteiger partial charge < -0.3 is 24.6 Å². The summed E-state index contributed by atoms with van der Waals surface area (Å²) in [6.07, 6.45) is -7.64. The SMILES string of the molecule is O=C(OCc1ccccc1)N1CCC(OCC(O)CO)(C(F)(F)F)CC1. The number of benzene rings is 1. The lowest BCUT2D eigenvalue weighted by Gasteiger charge is -2.42. The fourth-order valence-electron chi connectivity index (χ4n) is 2.68. The number of nitrogens with zero attached hydrogens (tertiary/aromatic N) is 1. The molecule has 0 aliphatic carbocycles. The van der Waals surface area contributed by atoms with E-state index in [-0.39, 0.29) is 19.7 Å². The van der Waals surface area contributed by atoms with Crippen LogP contribution in [-0.2, 0) is 16.1 Å². The van der Waals surface area contributed by atoms with Crippen molar-refractivity contribution < 1.29 is 37.7 Å². The molecular weight excluding hydrogens is 355 g/mol. The highest BCUT2D eigenvalue weighted by Crippen LogP contribution is 2.41. The molecule has 1 aliphatic heterocycles. The van der Waals surface area contributed by atoms with Gasteiger partial charge in [-0.05, 0) is 5.56 Å². The molecule has 146 valence electrons. The zero-order valence-electron chi connectivity index (χ0n) is 14.1. The van der Waals surface area contributed by atoms with Gasteiger partial charge in [0, 0.05) is 25.9 Å². The molecule has 1 saturated heterocycles. The second kappa shape index (κ2) is 8.70. The maximum atomic E-state index is 13.4. The number of carbonyl (C=O) groups excluding carboxylic acids is 1. The Morgan fingerprint density at radius 2 is 1.85 bits per heavy atom. The molecule has 1 atom stereocenters. The molecule has 1 heterocycles. The number of hydrogen-bond acceptors (Lipinski definition) is 5. The molecule has 0 bridgehead atoms. The number of likely N-dealkylation sites (tertiary alicyclic amines) is 1. The van der Waals surface area contributed by atoms with E-state index in [0.29, 0.717) is 0 Å². The summed E-state index contributed by atoms with van der Waals surface area (Å²) in [6, 6.07) is 8.96. The normalized spacial score (nSPS) is 18.4. The Hall–Kier alpha value is -1.84. The molecule has 0 aromatic heterocycles. The first kappa shape index (κ1) is 20.5. The van der Waals surface area contributed by atoms with Crippen LogP contribution in [-0.4, -0.2) is 65.4 Å². The van der Waals surface area contributed by atoms with E-state index >= 15 is 0 Å². The Bertz CT molecular complexity index is 574. The van der Waals surface area contributed by atoms with Crippen molar-refractivity contribution >= 4 is 6.09 Å². The third-order valence-electron chi connectivity index (χ3n) is 4.31. The minimum absolute atomic E-state index is 0.0414. The quantitative estimate of drug-likeness (QED) is 0.794. The number of ether oxygens (including phenoxy) is 2. The van der Waals surface area contributed by atoms with Crippen molar-refractivity contribution in [3.63, 3.8) is 0 Å². The van der Waals surface area contributed by atoms with Crippen molar-refractivity contribution in [2.45, 2.75) is 37.3 Å². The number of rotatable bonds is 6. The summed E-state index contributed by atoms with van der Waals surface area (Å²) in [4.78, 5) is 13.3. The van der Waals surface area contributed by atoms with Crippen LogP contribution < -0.4 is 0 Å². The second-order valence-corrected chi connectivity index (χ2v) is 6.17. The van der Waals surface area contributed by atoms with Crippen LogP contribution >= 0.6 is 0 Å². The fraction of sp³-hybridized carbons (Fsp3) is 0.588. The molecule has 1 unspecified atom stereocenters. The summed E-state index contributed by atoms with van der Waals surface area (Å²) >= 11 is 0. The maximum Gasteiger partial charge on any atom is 0.417 e. The van der Waals surface area contributed by atoms with Crippen LogP contribution in [0.4, 0.5) is 18.0 Å². The van der Waals surface area contributed by atoms with Gasteiger partial charge in [-0.3, -0.25) is 0 Å². The zero-order chi connectivity index (χ0) is 19.2. The van der Waals surface area contributed by atoms with Gasteiger partial charge >= 0.3 is 12.3 Å². The van der Waals surface area contributed by atoms with Crippen molar-refractivity contribution in [3.05, 3.63) is 35.9 Å². The molecule has 6 nitrogen and oxygen atoms in total. The summed E-state index contributed by atoms with van der Waals surface area (Å²) in [5.74, 6) is 0. The highest BCUT2D eigenvalue weighted by atomic mass is 19.4. The fourth-order valence-corrected chi connectivity index (χ4v) is 2.68. The molecule has 1 amide bonds. The molecular formula is C17H22F3NO5. The highest BCUT2D eigenvalue weighted by molar-refractivity contribution is 5.67. The van der Waals surface area contributed by atoms with Gasteiger partial charge in [0.25, 0.3) is 0 Å². The van der Waals surface area contributed by atoms with Gasteiger partial charge in [0.15, 0.2) is 5.60 Å². The summed E-state index contributed by atoms with van der Waals surface area (Å²) in [5.41, 5.74) is -1.66. The van der Waals surface area contributed by atoms with E-state index in [1.165, 1.54) is 4.90 Å². The third kappa shape index (κ3) is 5.09. The Morgan fingerprint density at radius 3 is 2.38 bits per heavy atom. The van der Waals surface area contributed by atoms with Crippen molar-refractivity contribution in [3.8, 4) is 0 Å². The number of aliphatic hydroxyl groups excluding tert-OH is 2. The minimum atomic E-state index is -4.65. The van der Waals surface area contributed by atoms with E-state index in [0.717, 1.165) is 5.56 Å². The first-order chi connectivity index (χ1) is 12.3. The van der Waals surface area contributed by atoms with Gasteiger partial charge in [-0.2, -0.15) is 13.2 Å². The van der Waals surface area contributed by atoms with Crippen LogP contribution in [0.25, 0.3) is 0 Å². The van der Waals surface area contributed by atoms with Gasteiger partial charge in [-0.25, -0.2) is 4.79 Å². The molecule has 26 heavy (non-hydrogen) atoms. The molecule has 1 aromatic carbocycles. The van der Waals surface area contributed by atoms with E-state index in [9.17, 15) is 23.1 Å². The van der Waals surface area contributed by atoms with Gasteiger partial charge in [0.1, 0.15) is 12.7 Å². The van der Waals surface area contributed by atoms with Crippen LogP contribution in [0, 0.1) is 0 Å². The van der Waals surface area contributed by atoms with Crippen LogP contribution in [0.2, 0.25) is 0 Å². The second-order valence-electron chi connectivity index (χ2n) is 6.17. The summed E-state index contributed by atoms with van der Waals surface area (Å²) < 4.78 is 50.4. The molecule has 9 heteroatoms. The maximum absolute atomic E-state index is 13.4. The van der Waals surface area contributed by atoms with Crippen molar-refractivity contribution in [2.24, 2.45) is 0 Å². The Morgan fingerprint density at radius 1 is 1.23 bits per heavy atom. The van der Waals surface area contributed by atoms with Gasteiger partial charge in [-0.1, -0.05) is 30.3 Å². The highest BCUT2D eigenvalue weighted by Gasteiger charge is 2.57. The lowest BCUT2D eigenvalue weighted by molar-refractivity contribution is -0.294. The third-order valence-corrected chi connectivity index (χ3v) is 4.31. The van der Waals surface area contributed by atoms with E-state index < -0.39 is 50.0 Å². The number of amides is 1. The molecule has 1 aromatic rings. The van der Waals surface area contributed by atoms with Crippen molar-refractivity contribution in [1.29, 1.82) is 0 Å². The standard InChI is InChI=1S/C17H22F3NO5/c18-17(19,20)16(26-12-14(23)10-22)6-8-21(9-7-16)15(24)25-11-13-4-2-1-3-5-13/h1-5,14,22-23H,6-12H2. The average Bonchev–Trinajstić information content (AvgIpc) is 2.64. The number of alkyl halides is 3. The van der Waals surface area contributed by atoms with Crippen LogP contribution in [0.5, 0.6) is 0 Å². The summed E-state index contributed by atoms with van der Waals surface area (Å²) in [5, 5.41) is 18.0. The summed E-state index contributed by atoms with van der Waals surface area (Å²) in [6.45, 7) is -1.63. The molecule has 1 fully saturated rings. The minimum Gasteiger partial charge on any atom is -0.445 e. The largest absolute Gasteiger partial charge is 0.445 e.